The van der Waals surface area contributed by atoms with Gasteiger partial charge in [-0.25, -0.2) is 8.78 Å². The molecule has 1 nitrogen and oxygen atoms in total. The summed E-state index contributed by atoms with van der Waals surface area (Å²) in [6.07, 6.45) is 5.08. The lowest BCUT2D eigenvalue weighted by atomic mass is 9.79. The molecule has 0 spiro atoms. The standard InChI is InChI=1S/C18H25F2N/c1-10(2)21-18(14-8-12-4-5-13(14)7-12)15-6-11(3)16(19)9-17(15)20/h6,9-10,12-14,18,21H,4-5,7-8H2,1-3H3. The lowest BCUT2D eigenvalue weighted by Gasteiger charge is -2.33. The molecule has 0 heterocycles. The fourth-order valence-corrected chi connectivity index (χ4v) is 4.42. The highest BCUT2D eigenvalue weighted by Crippen LogP contribution is 2.53. The second-order valence-electron chi connectivity index (χ2n) is 7.26. The fraction of sp³-hybridized carbons (Fsp3) is 0.667. The smallest absolute Gasteiger partial charge is 0.130 e. The molecule has 0 radical (unpaired) electrons. The molecule has 1 aromatic rings. The molecule has 116 valence electrons. The van der Waals surface area contributed by atoms with Crippen molar-refractivity contribution in [1.29, 1.82) is 0 Å². The monoisotopic (exact) mass is 293 g/mol. The molecule has 2 saturated carbocycles. The van der Waals surface area contributed by atoms with Crippen molar-refractivity contribution in [3.8, 4) is 0 Å². The molecule has 3 rings (SSSR count). The summed E-state index contributed by atoms with van der Waals surface area (Å²) in [4.78, 5) is 0. The minimum atomic E-state index is -0.451. The summed E-state index contributed by atoms with van der Waals surface area (Å²) in [5.74, 6) is 1.16. The highest BCUT2D eigenvalue weighted by molar-refractivity contribution is 5.29. The van der Waals surface area contributed by atoms with Gasteiger partial charge in [-0.2, -0.15) is 0 Å². The van der Waals surface area contributed by atoms with Gasteiger partial charge in [0.05, 0.1) is 0 Å². The van der Waals surface area contributed by atoms with Crippen LogP contribution < -0.4 is 5.32 Å². The minimum Gasteiger partial charge on any atom is -0.307 e. The van der Waals surface area contributed by atoms with Crippen LogP contribution in [0.3, 0.4) is 0 Å². The molecule has 1 aromatic carbocycles. The number of nitrogens with one attached hydrogen (secondary N) is 1. The highest BCUT2D eigenvalue weighted by Gasteiger charge is 2.44. The van der Waals surface area contributed by atoms with E-state index in [1.165, 1.54) is 25.7 Å². The summed E-state index contributed by atoms with van der Waals surface area (Å²) in [6.45, 7) is 5.90. The summed E-state index contributed by atoms with van der Waals surface area (Å²) in [5.41, 5.74) is 1.19. The molecular weight excluding hydrogens is 268 g/mol. The Morgan fingerprint density at radius 3 is 2.43 bits per heavy atom. The molecule has 1 N–H and O–H groups in total. The first-order valence-electron chi connectivity index (χ1n) is 8.17. The zero-order chi connectivity index (χ0) is 15.1. The average Bonchev–Trinajstić information content (AvgIpc) is 3.02. The van der Waals surface area contributed by atoms with Crippen molar-refractivity contribution in [2.75, 3.05) is 0 Å². The molecule has 4 unspecified atom stereocenters. The summed E-state index contributed by atoms with van der Waals surface area (Å²) in [5, 5.41) is 3.55. The van der Waals surface area contributed by atoms with E-state index in [4.69, 9.17) is 0 Å². The number of fused-ring (bicyclic) bond motifs is 2. The van der Waals surface area contributed by atoms with E-state index >= 15 is 0 Å². The second kappa shape index (κ2) is 5.68. The van der Waals surface area contributed by atoms with Gasteiger partial charge in [0.1, 0.15) is 11.6 Å². The van der Waals surface area contributed by atoms with Gasteiger partial charge in [-0.3, -0.25) is 0 Å². The fourth-order valence-electron chi connectivity index (χ4n) is 4.42. The zero-order valence-corrected chi connectivity index (χ0v) is 13.1. The van der Waals surface area contributed by atoms with Gasteiger partial charge in [0, 0.05) is 23.7 Å². The zero-order valence-electron chi connectivity index (χ0n) is 13.1. The van der Waals surface area contributed by atoms with E-state index in [9.17, 15) is 8.78 Å². The van der Waals surface area contributed by atoms with Gasteiger partial charge in [-0.05, 0) is 55.6 Å². The van der Waals surface area contributed by atoms with Crippen molar-refractivity contribution in [1.82, 2.24) is 5.32 Å². The van der Waals surface area contributed by atoms with Gasteiger partial charge >= 0.3 is 0 Å². The average molecular weight is 293 g/mol. The lowest BCUT2D eigenvalue weighted by Crippen LogP contribution is -2.36. The van der Waals surface area contributed by atoms with Crippen LogP contribution in [-0.4, -0.2) is 6.04 Å². The maximum absolute atomic E-state index is 14.3. The summed E-state index contributed by atoms with van der Waals surface area (Å²) in [7, 11) is 0. The molecule has 2 fully saturated rings. The van der Waals surface area contributed by atoms with Gasteiger partial charge < -0.3 is 5.32 Å². The first kappa shape index (κ1) is 15.0. The number of halogens is 2. The Balaban J connectivity index is 1.94. The number of hydrogen-bond donors (Lipinski definition) is 1. The van der Waals surface area contributed by atoms with E-state index < -0.39 is 11.6 Å². The van der Waals surface area contributed by atoms with Gasteiger partial charge in [-0.15, -0.1) is 0 Å². The Bertz CT molecular complexity index is 526. The van der Waals surface area contributed by atoms with Crippen LogP contribution in [-0.2, 0) is 0 Å². The number of hydrogen-bond acceptors (Lipinski definition) is 1. The van der Waals surface area contributed by atoms with Crippen LogP contribution in [0.2, 0.25) is 0 Å². The second-order valence-corrected chi connectivity index (χ2v) is 7.26. The summed E-state index contributed by atoms with van der Waals surface area (Å²) >= 11 is 0. The van der Waals surface area contributed by atoms with Crippen molar-refractivity contribution in [3.05, 3.63) is 34.9 Å². The normalized spacial score (nSPS) is 29.3. The first-order chi connectivity index (χ1) is 9.95. The molecule has 0 saturated heterocycles. The van der Waals surface area contributed by atoms with Crippen molar-refractivity contribution in [2.45, 2.75) is 58.5 Å². The van der Waals surface area contributed by atoms with Gasteiger partial charge in [0.15, 0.2) is 0 Å². The third-order valence-corrected chi connectivity index (χ3v) is 5.35. The van der Waals surface area contributed by atoms with Crippen LogP contribution in [0, 0.1) is 36.3 Å². The van der Waals surface area contributed by atoms with Crippen molar-refractivity contribution in [3.63, 3.8) is 0 Å². The Kier molecular flexibility index (Phi) is 4.04. The summed E-state index contributed by atoms with van der Waals surface area (Å²) < 4.78 is 27.9. The molecule has 3 heteroatoms. The molecule has 0 amide bonds. The Labute approximate surface area is 126 Å². The van der Waals surface area contributed by atoms with Crippen LogP contribution in [0.1, 0.15) is 56.7 Å². The predicted molar refractivity (Wildman–Crippen MR) is 81.0 cm³/mol. The SMILES string of the molecule is Cc1cc(C(NC(C)C)C2CC3CCC2C3)c(F)cc1F. The van der Waals surface area contributed by atoms with Gasteiger partial charge in [0.25, 0.3) is 0 Å². The number of rotatable bonds is 4. The highest BCUT2D eigenvalue weighted by atomic mass is 19.1. The molecule has 4 atom stereocenters. The van der Waals surface area contributed by atoms with Crippen LogP contribution in [0.5, 0.6) is 0 Å². The van der Waals surface area contributed by atoms with Crippen molar-refractivity contribution < 1.29 is 8.78 Å². The molecule has 2 bridgehead atoms. The van der Waals surface area contributed by atoms with Crippen molar-refractivity contribution in [2.24, 2.45) is 17.8 Å². The molecule has 2 aliphatic rings. The van der Waals surface area contributed by atoms with Crippen LogP contribution in [0.4, 0.5) is 8.78 Å². The van der Waals surface area contributed by atoms with E-state index in [-0.39, 0.29) is 6.04 Å². The lowest BCUT2D eigenvalue weighted by molar-refractivity contribution is 0.236. The largest absolute Gasteiger partial charge is 0.307 e. The third kappa shape index (κ3) is 2.85. The van der Waals surface area contributed by atoms with E-state index in [0.717, 1.165) is 12.0 Å². The van der Waals surface area contributed by atoms with Gasteiger partial charge in [-0.1, -0.05) is 20.3 Å². The molecule has 2 aliphatic carbocycles. The first-order valence-corrected chi connectivity index (χ1v) is 8.17. The number of aryl methyl sites for hydroxylation is 1. The maximum Gasteiger partial charge on any atom is 0.130 e. The van der Waals surface area contributed by atoms with Crippen LogP contribution in [0.25, 0.3) is 0 Å². The Hall–Kier alpha value is -0.960. The van der Waals surface area contributed by atoms with E-state index in [0.29, 0.717) is 29.0 Å². The topological polar surface area (TPSA) is 12.0 Å². The predicted octanol–water partition coefficient (Wildman–Crippen LogP) is 4.75. The van der Waals surface area contributed by atoms with E-state index in [1.54, 1.807) is 13.0 Å². The summed E-state index contributed by atoms with van der Waals surface area (Å²) in [6, 6.07) is 3.06. The van der Waals surface area contributed by atoms with E-state index in [1.807, 2.05) is 0 Å². The van der Waals surface area contributed by atoms with Crippen LogP contribution >= 0.6 is 0 Å². The van der Waals surface area contributed by atoms with Crippen LogP contribution in [0.15, 0.2) is 12.1 Å². The maximum atomic E-state index is 14.3. The quantitative estimate of drug-likeness (QED) is 0.845. The molecular formula is C18H25F2N. The van der Waals surface area contributed by atoms with E-state index in [2.05, 4.69) is 19.2 Å². The Morgan fingerprint density at radius 2 is 1.86 bits per heavy atom. The van der Waals surface area contributed by atoms with Gasteiger partial charge in [0.2, 0.25) is 0 Å². The third-order valence-electron chi connectivity index (χ3n) is 5.35. The molecule has 21 heavy (non-hydrogen) atoms. The molecule has 0 aliphatic heterocycles. The molecule has 0 aromatic heterocycles. The minimum absolute atomic E-state index is 0.0135. The van der Waals surface area contributed by atoms with Crippen molar-refractivity contribution >= 4 is 0 Å². The number of benzene rings is 1. The Morgan fingerprint density at radius 1 is 1.10 bits per heavy atom.